The largest absolute Gasteiger partial charge is 0.507 e. The van der Waals surface area contributed by atoms with Gasteiger partial charge < -0.3 is 20.1 Å². The van der Waals surface area contributed by atoms with E-state index in [1.54, 1.807) is 24.3 Å². The predicted molar refractivity (Wildman–Crippen MR) is 104 cm³/mol. The molecule has 0 fully saturated rings. The summed E-state index contributed by atoms with van der Waals surface area (Å²) in [4.78, 5) is 27.1. The van der Waals surface area contributed by atoms with Gasteiger partial charge in [0.05, 0.1) is 7.11 Å². The fraction of sp³-hybridized carbons (Fsp3) is 0.143. The second-order valence-corrected chi connectivity index (χ2v) is 5.99. The number of ketones is 1. The molecule has 0 bridgehead atoms. The highest BCUT2D eigenvalue weighted by Crippen LogP contribution is 2.18. The van der Waals surface area contributed by atoms with E-state index in [0.717, 1.165) is 22.5 Å². The average Bonchev–Trinajstić information content (AvgIpc) is 3.11. The predicted octanol–water partition coefficient (Wildman–Crippen LogP) is 3.00. The molecule has 0 unspecified atom stereocenters. The Morgan fingerprint density at radius 2 is 1.89 bits per heavy atom. The molecule has 1 aromatic heterocycles. The topological polar surface area (TPSA) is 91.4 Å². The van der Waals surface area contributed by atoms with Crippen molar-refractivity contribution in [1.82, 2.24) is 10.3 Å². The third kappa shape index (κ3) is 4.36. The van der Waals surface area contributed by atoms with Crippen LogP contribution in [0, 0.1) is 0 Å². The number of hydrogen-bond donors (Lipinski definition) is 3. The molecule has 27 heavy (non-hydrogen) atoms. The molecule has 0 saturated heterocycles. The highest BCUT2D eigenvalue weighted by Gasteiger charge is 2.13. The number of nitrogens with one attached hydrogen (secondary N) is 2. The summed E-state index contributed by atoms with van der Waals surface area (Å²) >= 11 is 0. The van der Waals surface area contributed by atoms with Crippen LogP contribution in [0.2, 0.25) is 0 Å². The molecular weight excluding hydrogens is 344 g/mol. The van der Waals surface area contributed by atoms with E-state index in [1.165, 1.54) is 7.11 Å². The molecule has 0 aliphatic carbocycles. The van der Waals surface area contributed by atoms with Gasteiger partial charge in [-0.25, -0.2) is 0 Å². The van der Waals surface area contributed by atoms with Crippen molar-refractivity contribution in [2.75, 3.05) is 13.7 Å². The highest BCUT2D eigenvalue weighted by molar-refractivity contribution is 6.41. The summed E-state index contributed by atoms with van der Waals surface area (Å²) in [5, 5.41) is 13.7. The van der Waals surface area contributed by atoms with Crippen LogP contribution in [0.3, 0.4) is 0 Å². The van der Waals surface area contributed by atoms with E-state index in [2.05, 4.69) is 10.3 Å². The zero-order valence-electron chi connectivity index (χ0n) is 14.9. The Kier molecular flexibility index (Phi) is 5.56. The van der Waals surface area contributed by atoms with Gasteiger partial charge in [-0.2, -0.15) is 0 Å². The maximum absolute atomic E-state index is 12.0. The molecule has 6 heteroatoms. The molecule has 0 aliphatic heterocycles. The summed E-state index contributed by atoms with van der Waals surface area (Å²) in [5.74, 6) is -1.19. The minimum Gasteiger partial charge on any atom is -0.507 e. The number of carbonyl (C=O) groups is 2. The van der Waals surface area contributed by atoms with Gasteiger partial charge in [-0.05, 0) is 42.3 Å². The van der Waals surface area contributed by atoms with E-state index in [9.17, 15) is 14.7 Å². The molecule has 138 valence electrons. The summed E-state index contributed by atoms with van der Waals surface area (Å²) in [6.07, 6.45) is 3.41. The molecule has 3 rings (SSSR count). The van der Waals surface area contributed by atoms with Crippen LogP contribution >= 0.6 is 0 Å². The van der Waals surface area contributed by atoms with Crippen LogP contribution in [-0.4, -0.2) is 35.4 Å². The number of methoxy groups -OCH3 is 1. The van der Waals surface area contributed by atoms with Crippen LogP contribution in [0.15, 0.2) is 60.8 Å². The average molecular weight is 364 g/mol. The lowest BCUT2D eigenvalue weighted by Crippen LogP contribution is -2.31. The number of aromatic nitrogens is 1. The van der Waals surface area contributed by atoms with Crippen molar-refractivity contribution in [3.63, 3.8) is 0 Å². The first kappa shape index (κ1) is 18.3. The Morgan fingerprint density at radius 1 is 1.15 bits per heavy atom. The van der Waals surface area contributed by atoms with Gasteiger partial charge in [-0.1, -0.05) is 18.2 Å². The van der Waals surface area contributed by atoms with E-state index < -0.39 is 11.7 Å². The number of benzene rings is 2. The summed E-state index contributed by atoms with van der Waals surface area (Å²) < 4.78 is 5.04. The Balaban J connectivity index is 1.56. The lowest BCUT2D eigenvalue weighted by Gasteiger charge is -2.04. The van der Waals surface area contributed by atoms with Gasteiger partial charge in [0.25, 0.3) is 5.91 Å². The van der Waals surface area contributed by atoms with Gasteiger partial charge in [0.1, 0.15) is 11.5 Å². The van der Waals surface area contributed by atoms with Crippen LogP contribution in [0.1, 0.15) is 11.1 Å². The maximum Gasteiger partial charge on any atom is 0.291 e. The second kappa shape index (κ2) is 8.23. The van der Waals surface area contributed by atoms with Crippen molar-refractivity contribution in [2.24, 2.45) is 0 Å². The number of H-pyrrole nitrogens is 1. The highest BCUT2D eigenvalue weighted by atomic mass is 16.5. The van der Waals surface area contributed by atoms with Gasteiger partial charge in [-0.15, -0.1) is 0 Å². The van der Waals surface area contributed by atoms with Crippen molar-refractivity contribution in [2.45, 2.75) is 6.42 Å². The van der Waals surface area contributed by atoms with Crippen molar-refractivity contribution < 1.29 is 19.4 Å². The molecule has 2 aromatic carbocycles. The summed E-state index contributed by atoms with van der Waals surface area (Å²) in [5.41, 5.74) is 2.52. The molecule has 0 atom stereocenters. The monoisotopic (exact) mass is 364 g/mol. The number of aliphatic hydroxyl groups excluding tert-OH is 1. The molecule has 0 aliphatic rings. The third-order valence-corrected chi connectivity index (χ3v) is 4.23. The summed E-state index contributed by atoms with van der Waals surface area (Å²) in [7, 11) is 1.54. The smallest absolute Gasteiger partial charge is 0.291 e. The Bertz CT molecular complexity index is 987. The number of aliphatic hydroxyl groups is 1. The lowest BCUT2D eigenvalue weighted by molar-refractivity contribution is -0.135. The maximum atomic E-state index is 12.0. The third-order valence-electron chi connectivity index (χ3n) is 4.23. The lowest BCUT2D eigenvalue weighted by atomic mass is 10.1. The standard InChI is InChI=1S/C21H20N2O4/c1-27-16-8-6-14(7-9-16)19(24)12-20(25)21(26)22-11-10-15-13-23-18-5-3-2-4-17(15)18/h2-9,12-13,23-24H,10-11H2,1H3,(H,22,26)/b19-12-. The fourth-order valence-electron chi connectivity index (χ4n) is 2.77. The van der Waals surface area contributed by atoms with Gasteiger partial charge in [-0.3, -0.25) is 9.59 Å². The van der Waals surface area contributed by atoms with E-state index in [-0.39, 0.29) is 5.76 Å². The van der Waals surface area contributed by atoms with Gasteiger partial charge in [0.15, 0.2) is 0 Å². The first-order valence-corrected chi connectivity index (χ1v) is 8.50. The van der Waals surface area contributed by atoms with E-state index in [4.69, 9.17) is 4.74 Å². The van der Waals surface area contributed by atoms with Gasteiger partial charge in [0.2, 0.25) is 5.78 Å². The molecule has 6 nitrogen and oxygen atoms in total. The Morgan fingerprint density at radius 3 is 2.63 bits per heavy atom. The van der Waals surface area contributed by atoms with E-state index >= 15 is 0 Å². The van der Waals surface area contributed by atoms with Crippen LogP contribution < -0.4 is 10.1 Å². The number of hydrogen-bond acceptors (Lipinski definition) is 4. The molecule has 1 amide bonds. The summed E-state index contributed by atoms with van der Waals surface area (Å²) in [6, 6.07) is 14.4. The molecule has 3 aromatic rings. The van der Waals surface area contributed by atoms with Crippen LogP contribution in [0.4, 0.5) is 0 Å². The number of amides is 1. The SMILES string of the molecule is COc1ccc(/C(O)=C/C(=O)C(=O)NCCc2c[nH]c3ccccc23)cc1. The normalized spacial score (nSPS) is 11.4. The second-order valence-electron chi connectivity index (χ2n) is 5.99. The summed E-state index contributed by atoms with van der Waals surface area (Å²) in [6.45, 7) is 0.323. The zero-order chi connectivity index (χ0) is 19.2. The number of ether oxygens (including phenoxy) is 1. The zero-order valence-corrected chi connectivity index (χ0v) is 14.9. The quantitative estimate of drug-likeness (QED) is 0.341. The molecule has 0 spiro atoms. The Hall–Kier alpha value is -3.54. The van der Waals surface area contributed by atoms with Crippen LogP contribution in [0.5, 0.6) is 5.75 Å². The van der Waals surface area contributed by atoms with Crippen LogP contribution in [0.25, 0.3) is 16.7 Å². The number of carbonyl (C=O) groups excluding carboxylic acids is 2. The fourth-order valence-corrected chi connectivity index (χ4v) is 2.77. The number of fused-ring (bicyclic) bond motifs is 1. The minimum atomic E-state index is -0.803. The van der Waals surface area contributed by atoms with E-state index in [1.807, 2.05) is 30.5 Å². The molecule has 1 heterocycles. The van der Waals surface area contributed by atoms with Crippen LogP contribution in [-0.2, 0) is 16.0 Å². The molecule has 3 N–H and O–H groups in total. The molecule has 0 saturated carbocycles. The minimum absolute atomic E-state index is 0.269. The number of para-hydroxylation sites is 1. The van der Waals surface area contributed by atoms with Crippen molar-refractivity contribution >= 4 is 28.4 Å². The van der Waals surface area contributed by atoms with Crippen molar-refractivity contribution in [3.05, 3.63) is 71.9 Å². The molecule has 0 radical (unpaired) electrons. The molecular formula is C21H20N2O4. The van der Waals surface area contributed by atoms with Crippen molar-refractivity contribution in [3.8, 4) is 5.75 Å². The number of rotatable bonds is 7. The van der Waals surface area contributed by atoms with E-state index in [0.29, 0.717) is 24.3 Å². The first-order chi connectivity index (χ1) is 13.1. The van der Waals surface area contributed by atoms with Crippen molar-refractivity contribution in [1.29, 1.82) is 0 Å². The first-order valence-electron chi connectivity index (χ1n) is 8.50. The van der Waals surface area contributed by atoms with Gasteiger partial charge >= 0.3 is 0 Å². The number of aromatic amines is 1. The Labute approximate surface area is 156 Å². The van der Waals surface area contributed by atoms with Gasteiger partial charge in [0, 0.05) is 35.3 Å².